The van der Waals surface area contributed by atoms with Crippen LogP contribution in [0.25, 0.3) is 10.7 Å². The highest BCUT2D eigenvalue weighted by atomic mass is 32.2. The van der Waals surface area contributed by atoms with Gasteiger partial charge in [-0.3, -0.25) is 0 Å². The monoisotopic (exact) mass is 365 g/mol. The van der Waals surface area contributed by atoms with E-state index in [1.54, 1.807) is 0 Å². The van der Waals surface area contributed by atoms with Crippen molar-refractivity contribution in [2.75, 3.05) is 0 Å². The standard InChI is InChI=1S/C14H11N3O5S2/c18-14(19)9-3-1-4-10(7-9)24(20,21)15-8-12-16-13(17-22-12)11-5-2-6-23-11/h1-7,15H,8H2,(H,18,19). The molecule has 10 heteroatoms. The first-order valence-corrected chi connectivity index (χ1v) is 9.01. The minimum Gasteiger partial charge on any atom is -0.478 e. The average molecular weight is 365 g/mol. The van der Waals surface area contributed by atoms with Crippen molar-refractivity contribution in [3.8, 4) is 10.7 Å². The molecule has 0 radical (unpaired) electrons. The molecule has 0 atom stereocenters. The maximum absolute atomic E-state index is 12.2. The Bertz CT molecular complexity index is 964. The van der Waals surface area contributed by atoms with Crippen LogP contribution >= 0.6 is 11.3 Å². The smallest absolute Gasteiger partial charge is 0.335 e. The summed E-state index contributed by atoms with van der Waals surface area (Å²) in [5, 5.41) is 14.6. The van der Waals surface area contributed by atoms with Gasteiger partial charge in [0.1, 0.15) is 0 Å². The molecule has 0 amide bonds. The molecule has 0 aliphatic rings. The van der Waals surface area contributed by atoms with Gasteiger partial charge in [0, 0.05) is 0 Å². The number of aromatic nitrogens is 2. The van der Waals surface area contributed by atoms with Gasteiger partial charge in [-0.2, -0.15) is 4.98 Å². The Balaban J connectivity index is 1.74. The molecule has 0 aliphatic heterocycles. The van der Waals surface area contributed by atoms with Gasteiger partial charge in [0.15, 0.2) is 0 Å². The number of thiophene rings is 1. The number of carbonyl (C=O) groups is 1. The third-order valence-electron chi connectivity index (χ3n) is 3.01. The van der Waals surface area contributed by atoms with Gasteiger partial charge in [0.2, 0.25) is 21.7 Å². The van der Waals surface area contributed by atoms with Crippen LogP contribution in [0.3, 0.4) is 0 Å². The van der Waals surface area contributed by atoms with Crippen molar-refractivity contribution in [1.29, 1.82) is 0 Å². The van der Waals surface area contributed by atoms with E-state index in [1.165, 1.54) is 29.5 Å². The van der Waals surface area contributed by atoms with Crippen molar-refractivity contribution in [2.24, 2.45) is 0 Å². The van der Waals surface area contributed by atoms with Crippen LogP contribution in [0.4, 0.5) is 0 Å². The molecule has 0 spiro atoms. The van der Waals surface area contributed by atoms with Crippen LogP contribution in [0, 0.1) is 0 Å². The number of rotatable bonds is 6. The highest BCUT2D eigenvalue weighted by Gasteiger charge is 2.18. The van der Waals surface area contributed by atoms with Gasteiger partial charge >= 0.3 is 5.97 Å². The Morgan fingerprint density at radius 1 is 1.29 bits per heavy atom. The lowest BCUT2D eigenvalue weighted by Crippen LogP contribution is -2.23. The molecule has 8 nitrogen and oxygen atoms in total. The van der Waals surface area contributed by atoms with E-state index >= 15 is 0 Å². The van der Waals surface area contributed by atoms with Crippen molar-refractivity contribution in [3.63, 3.8) is 0 Å². The second-order valence-corrected chi connectivity index (χ2v) is 7.36. The SMILES string of the molecule is O=C(O)c1cccc(S(=O)(=O)NCc2nc(-c3cccs3)no2)c1. The van der Waals surface area contributed by atoms with Crippen LogP contribution in [-0.2, 0) is 16.6 Å². The van der Waals surface area contributed by atoms with E-state index in [0.717, 1.165) is 10.9 Å². The van der Waals surface area contributed by atoms with Crippen LogP contribution in [0.5, 0.6) is 0 Å². The number of carboxylic acids is 1. The topological polar surface area (TPSA) is 122 Å². The first-order valence-electron chi connectivity index (χ1n) is 6.65. The summed E-state index contributed by atoms with van der Waals surface area (Å²) in [6, 6.07) is 8.72. The van der Waals surface area contributed by atoms with Gasteiger partial charge in [-0.05, 0) is 29.6 Å². The van der Waals surface area contributed by atoms with Crippen LogP contribution in [0.1, 0.15) is 16.2 Å². The Morgan fingerprint density at radius 3 is 2.83 bits per heavy atom. The van der Waals surface area contributed by atoms with Crippen LogP contribution < -0.4 is 4.72 Å². The number of benzene rings is 1. The number of nitrogens with zero attached hydrogens (tertiary/aromatic N) is 2. The number of aromatic carboxylic acids is 1. The maximum atomic E-state index is 12.2. The Hall–Kier alpha value is -2.56. The Kier molecular flexibility index (Phi) is 4.42. The van der Waals surface area contributed by atoms with Crippen molar-refractivity contribution in [1.82, 2.24) is 14.9 Å². The van der Waals surface area contributed by atoms with Gasteiger partial charge < -0.3 is 9.63 Å². The van der Waals surface area contributed by atoms with Gasteiger partial charge in [0.25, 0.3) is 0 Å². The summed E-state index contributed by atoms with van der Waals surface area (Å²) in [5.74, 6) is -0.715. The predicted octanol–water partition coefficient (Wildman–Crippen LogP) is 1.97. The highest BCUT2D eigenvalue weighted by molar-refractivity contribution is 7.89. The van der Waals surface area contributed by atoms with Crippen molar-refractivity contribution in [3.05, 3.63) is 53.2 Å². The minimum absolute atomic E-state index is 0.108. The van der Waals surface area contributed by atoms with E-state index in [9.17, 15) is 13.2 Å². The molecule has 24 heavy (non-hydrogen) atoms. The number of hydrogen-bond acceptors (Lipinski definition) is 7. The third-order valence-corrected chi connectivity index (χ3v) is 5.28. The van der Waals surface area contributed by atoms with Crippen LogP contribution in [0.2, 0.25) is 0 Å². The largest absolute Gasteiger partial charge is 0.478 e. The molecule has 0 aliphatic carbocycles. The summed E-state index contributed by atoms with van der Waals surface area (Å²) >= 11 is 1.43. The third kappa shape index (κ3) is 3.50. The molecule has 0 saturated carbocycles. The summed E-state index contributed by atoms with van der Waals surface area (Å²) < 4.78 is 31.8. The number of carboxylic acid groups (broad SMARTS) is 1. The zero-order valence-corrected chi connectivity index (χ0v) is 13.7. The quantitative estimate of drug-likeness (QED) is 0.684. The molecule has 0 fully saturated rings. The van der Waals surface area contributed by atoms with Crippen molar-refractivity contribution >= 4 is 27.3 Å². The summed E-state index contributed by atoms with van der Waals surface area (Å²) in [6.45, 7) is -0.196. The van der Waals surface area contributed by atoms with Crippen LogP contribution in [-0.4, -0.2) is 29.6 Å². The molecular weight excluding hydrogens is 354 g/mol. The van der Waals surface area contributed by atoms with E-state index < -0.39 is 16.0 Å². The molecule has 2 N–H and O–H groups in total. The van der Waals surface area contributed by atoms with E-state index in [1.807, 2.05) is 17.5 Å². The Labute approximate surface area is 140 Å². The lowest BCUT2D eigenvalue weighted by molar-refractivity contribution is 0.0696. The van der Waals surface area contributed by atoms with E-state index in [-0.39, 0.29) is 22.9 Å². The van der Waals surface area contributed by atoms with Crippen molar-refractivity contribution < 1.29 is 22.8 Å². The molecular formula is C14H11N3O5S2. The Morgan fingerprint density at radius 2 is 2.12 bits per heavy atom. The number of sulfonamides is 1. The zero-order valence-electron chi connectivity index (χ0n) is 12.0. The first kappa shape index (κ1) is 16.3. The number of nitrogens with one attached hydrogen (secondary N) is 1. The summed E-state index contributed by atoms with van der Waals surface area (Å²) in [5.41, 5.74) is -0.115. The zero-order chi connectivity index (χ0) is 17.2. The second kappa shape index (κ2) is 6.51. The first-order chi connectivity index (χ1) is 11.5. The van der Waals surface area contributed by atoms with E-state index in [4.69, 9.17) is 9.63 Å². The van der Waals surface area contributed by atoms with Gasteiger partial charge in [0.05, 0.1) is 21.9 Å². The summed E-state index contributed by atoms with van der Waals surface area (Å²) in [7, 11) is -3.90. The molecule has 0 bridgehead atoms. The fraction of sp³-hybridized carbons (Fsp3) is 0.0714. The lowest BCUT2D eigenvalue weighted by Gasteiger charge is -2.05. The van der Waals surface area contributed by atoms with E-state index in [0.29, 0.717) is 5.82 Å². The van der Waals surface area contributed by atoms with Gasteiger partial charge in [-0.15, -0.1) is 11.3 Å². The molecule has 3 aromatic rings. The highest BCUT2D eigenvalue weighted by Crippen LogP contribution is 2.21. The molecule has 0 saturated heterocycles. The second-order valence-electron chi connectivity index (χ2n) is 4.65. The molecule has 3 rings (SSSR count). The van der Waals surface area contributed by atoms with E-state index in [2.05, 4.69) is 14.9 Å². The molecule has 124 valence electrons. The molecule has 2 aromatic heterocycles. The summed E-state index contributed by atoms with van der Waals surface area (Å²) in [6.07, 6.45) is 0. The maximum Gasteiger partial charge on any atom is 0.335 e. The van der Waals surface area contributed by atoms with Crippen LogP contribution in [0.15, 0.2) is 51.2 Å². The van der Waals surface area contributed by atoms with Gasteiger partial charge in [-0.1, -0.05) is 17.3 Å². The summed E-state index contributed by atoms with van der Waals surface area (Å²) in [4.78, 5) is 15.7. The lowest BCUT2D eigenvalue weighted by atomic mass is 10.2. The van der Waals surface area contributed by atoms with Gasteiger partial charge in [-0.25, -0.2) is 17.9 Å². The van der Waals surface area contributed by atoms with Crippen molar-refractivity contribution in [2.45, 2.75) is 11.4 Å². The fourth-order valence-electron chi connectivity index (χ4n) is 1.87. The molecule has 0 unspecified atom stereocenters. The number of hydrogen-bond donors (Lipinski definition) is 2. The fourth-order valence-corrected chi connectivity index (χ4v) is 3.54. The molecule has 1 aromatic carbocycles. The predicted molar refractivity (Wildman–Crippen MR) is 85.0 cm³/mol. The molecule has 2 heterocycles. The average Bonchev–Trinajstić information content (AvgIpc) is 3.24. The normalized spacial score (nSPS) is 11.5. The minimum atomic E-state index is -3.90.